The Kier molecular flexibility index (Phi) is 9.22. The molecule has 10 heteroatoms. The third-order valence-electron chi connectivity index (χ3n) is 7.99. The van der Waals surface area contributed by atoms with Crippen LogP contribution in [0.5, 0.6) is 0 Å². The summed E-state index contributed by atoms with van der Waals surface area (Å²) in [6, 6.07) is 23.4. The van der Waals surface area contributed by atoms with E-state index in [0.717, 1.165) is 41.8 Å². The van der Waals surface area contributed by atoms with Crippen LogP contribution in [0.4, 0.5) is 26.8 Å². The van der Waals surface area contributed by atoms with E-state index >= 15 is 0 Å². The quantitative estimate of drug-likeness (QED) is 0.175. The molecule has 0 saturated carbocycles. The lowest BCUT2D eigenvalue weighted by molar-refractivity contribution is 0.0697. The van der Waals surface area contributed by atoms with E-state index in [1.54, 1.807) is 21.7 Å². The van der Waals surface area contributed by atoms with E-state index < -0.39 is 5.97 Å². The van der Waals surface area contributed by atoms with E-state index in [4.69, 9.17) is 10.2 Å². The second-order valence-electron chi connectivity index (χ2n) is 12.6. The van der Waals surface area contributed by atoms with Crippen molar-refractivity contribution in [2.45, 2.75) is 52.4 Å². The lowest BCUT2D eigenvalue weighted by Gasteiger charge is -2.32. The highest BCUT2D eigenvalue weighted by atomic mass is 16.4. The Labute approximate surface area is 263 Å². The lowest BCUT2D eigenvalue weighted by atomic mass is 9.90. The molecule has 0 atom stereocenters. The van der Waals surface area contributed by atoms with Gasteiger partial charge in [-0.15, -0.1) is 0 Å². The van der Waals surface area contributed by atoms with Gasteiger partial charge in [0.25, 0.3) is 0 Å². The first-order chi connectivity index (χ1) is 21.4. The fourth-order valence-electron chi connectivity index (χ4n) is 5.35. The molecule has 5 rings (SSSR count). The summed E-state index contributed by atoms with van der Waals surface area (Å²) in [4.78, 5) is 38.7. The van der Waals surface area contributed by atoms with Gasteiger partial charge in [-0.3, -0.25) is 5.32 Å². The van der Waals surface area contributed by atoms with Crippen LogP contribution in [0.15, 0.2) is 78.9 Å². The average Bonchev–Trinajstić information content (AvgIpc) is 3.42. The number of aromatic nitrogens is 2. The van der Waals surface area contributed by atoms with Crippen molar-refractivity contribution in [3.8, 4) is 5.69 Å². The molecule has 1 aliphatic rings. The number of carboxylic acids is 1. The van der Waals surface area contributed by atoms with Crippen LogP contribution in [0, 0.1) is 12.8 Å². The normalized spacial score (nSPS) is 13.7. The highest BCUT2D eigenvalue weighted by Gasteiger charge is 2.24. The van der Waals surface area contributed by atoms with E-state index in [0.29, 0.717) is 36.2 Å². The molecular weight excluding hydrogens is 568 g/mol. The topological polar surface area (TPSA) is 129 Å². The largest absolute Gasteiger partial charge is 0.478 e. The smallest absolute Gasteiger partial charge is 0.335 e. The molecular formula is C35H40N6O4. The Morgan fingerprint density at radius 2 is 1.56 bits per heavy atom. The Morgan fingerprint density at radius 3 is 2.20 bits per heavy atom. The number of carboxylic acid groups (broad SMARTS) is 1. The van der Waals surface area contributed by atoms with Gasteiger partial charge in [0.2, 0.25) is 0 Å². The predicted octanol–water partition coefficient (Wildman–Crippen LogP) is 7.31. The highest BCUT2D eigenvalue weighted by Crippen LogP contribution is 2.27. The molecule has 4 amide bonds. The lowest BCUT2D eigenvalue weighted by Crippen LogP contribution is -2.41. The number of carbonyl (C=O) groups is 3. The third kappa shape index (κ3) is 8.08. The number of rotatable bonds is 7. The molecule has 10 nitrogen and oxygen atoms in total. The zero-order valence-electron chi connectivity index (χ0n) is 26.1. The van der Waals surface area contributed by atoms with Gasteiger partial charge in [-0.2, -0.15) is 5.10 Å². The van der Waals surface area contributed by atoms with E-state index in [9.17, 15) is 14.4 Å². The molecule has 0 spiro atoms. The molecule has 234 valence electrons. The van der Waals surface area contributed by atoms with Gasteiger partial charge in [0.15, 0.2) is 0 Å². The van der Waals surface area contributed by atoms with Crippen molar-refractivity contribution < 1.29 is 19.5 Å². The van der Waals surface area contributed by atoms with Crippen LogP contribution in [0.25, 0.3) is 5.69 Å². The monoisotopic (exact) mass is 608 g/mol. The fourth-order valence-corrected chi connectivity index (χ4v) is 5.35. The van der Waals surface area contributed by atoms with Gasteiger partial charge in [0, 0.05) is 35.9 Å². The van der Waals surface area contributed by atoms with Crippen LogP contribution in [-0.2, 0) is 11.8 Å². The molecule has 3 aromatic carbocycles. The van der Waals surface area contributed by atoms with Gasteiger partial charge in [0.05, 0.1) is 16.9 Å². The van der Waals surface area contributed by atoms with Gasteiger partial charge in [-0.1, -0.05) is 50.6 Å². The van der Waals surface area contributed by atoms with E-state index in [-0.39, 0.29) is 23.0 Å². The van der Waals surface area contributed by atoms with Crippen molar-refractivity contribution in [1.29, 1.82) is 0 Å². The van der Waals surface area contributed by atoms with E-state index in [1.165, 1.54) is 12.1 Å². The molecule has 2 heterocycles. The molecule has 45 heavy (non-hydrogen) atoms. The van der Waals surface area contributed by atoms with Gasteiger partial charge in [-0.25, -0.2) is 19.1 Å². The number of nitrogens with one attached hydrogen (secondary N) is 3. The number of likely N-dealkylation sites (tertiary alicyclic amines) is 1. The van der Waals surface area contributed by atoms with Gasteiger partial charge in [-0.05, 0) is 86.2 Å². The van der Waals surface area contributed by atoms with Gasteiger partial charge in [0.1, 0.15) is 5.82 Å². The maximum Gasteiger partial charge on any atom is 0.335 e. The van der Waals surface area contributed by atoms with Gasteiger partial charge < -0.3 is 20.6 Å². The highest BCUT2D eigenvalue weighted by molar-refractivity contribution is 5.99. The summed E-state index contributed by atoms with van der Waals surface area (Å²) < 4.78 is 1.76. The van der Waals surface area contributed by atoms with Crippen molar-refractivity contribution in [2.24, 2.45) is 5.92 Å². The van der Waals surface area contributed by atoms with E-state index in [1.807, 2.05) is 55.5 Å². The molecule has 0 aliphatic carbocycles. The number of piperidine rings is 1. The number of aromatic carboxylic acids is 1. The minimum absolute atomic E-state index is 0.175. The summed E-state index contributed by atoms with van der Waals surface area (Å²) >= 11 is 0. The van der Waals surface area contributed by atoms with Crippen molar-refractivity contribution >= 4 is 35.2 Å². The molecule has 1 aliphatic heterocycles. The molecule has 0 radical (unpaired) electrons. The first kappa shape index (κ1) is 31.3. The number of nitrogens with zero attached hydrogens (tertiary/aromatic N) is 3. The van der Waals surface area contributed by atoms with Crippen molar-refractivity contribution in [1.82, 2.24) is 14.7 Å². The number of amides is 4. The summed E-state index contributed by atoms with van der Waals surface area (Å²) in [5.74, 6) is -0.00514. The second kappa shape index (κ2) is 13.3. The van der Waals surface area contributed by atoms with Crippen molar-refractivity contribution in [2.75, 3.05) is 29.0 Å². The summed E-state index contributed by atoms with van der Waals surface area (Å²) in [6.07, 6.45) is 2.57. The summed E-state index contributed by atoms with van der Waals surface area (Å²) in [5.41, 5.74) is 5.26. The maximum absolute atomic E-state index is 13.1. The molecule has 4 aromatic rings. The molecule has 0 unspecified atom stereocenters. The average molecular weight is 609 g/mol. The van der Waals surface area contributed by atoms with E-state index in [2.05, 4.69) is 42.8 Å². The first-order valence-electron chi connectivity index (χ1n) is 15.2. The molecule has 4 N–H and O–H groups in total. The van der Waals surface area contributed by atoms with Crippen LogP contribution < -0.4 is 16.0 Å². The van der Waals surface area contributed by atoms with Gasteiger partial charge >= 0.3 is 18.0 Å². The molecule has 1 aromatic heterocycles. The Morgan fingerprint density at radius 1 is 0.867 bits per heavy atom. The number of anilines is 3. The number of carbonyl (C=O) groups excluding carboxylic acids is 2. The minimum Gasteiger partial charge on any atom is -0.478 e. The summed E-state index contributed by atoms with van der Waals surface area (Å²) in [7, 11) is 0. The van der Waals surface area contributed by atoms with Crippen LogP contribution >= 0.6 is 0 Å². The SMILES string of the molecule is Cc1ccc(-n2nc(C(C)(C)C)cc2NC(=O)Nc2cccc(CC3CCN(C(=O)Nc4ccc(C(=O)O)cc4)CC3)c2)cc1. The number of aryl methyl sites for hydroxylation is 1. The predicted molar refractivity (Wildman–Crippen MR) is 177 cm³/mol. The minimum atomic E-state index is -1.00. The van der Waals surface area contributed by atoms with Crippen LogP contribution in [-0.4, -0.2) is 50.9 Å². The fraction of sp³-hybridized carbons (Fsp3) is 0.314. The Hall–Kier alpha value is -5.12. The standard InChI is InChI=1S/C35H40N6O4/c1-23-8-14-29(15-9-23)41-31(22-30(39-41)35(2,3)4)38-33(44)36-28-7-5-6-25(21-28)20-24-16-18-40(19-17-24)34(45)37-27-12-10-26(11-13-27)32(42)43/h5-15,21-22,24H,16-20H2,1-4H3,(H,37,45)(H,42,43)(H2,36,38,44). The maximum atomic E-state index is 13.1. The van der Waals surface area contributed by atoms with Crippen LogP contribution in [0.3, 0.4) is 0 Å². The van der Waals surface area contributed by atoms with Crippen LogP contribution in [0.2, 0.25) is 0 Å². The second-order valence-corrected chi connectivity index (χ2v) is 12.6. The summed E-state index contributed by atoms with van der Waals surface area (Å²) in [6.45, 7) is 9.57. The molecule has 1 saturated heterocycles. The zero-order chi connectivity index (χ0) is 32.1. The van der Waals surface area contributed by atoms with Crippen molar-refractivity contribution in [3.05, 3.63) is 101 Å². The Balaban J connectivity index is 1.16. The Bertz CT molecular complexity index is 1660. The zero-order valence-corrected chi connectivity index (χ0v) is 26.1. The third-order valence-corrected chi connectivity index (χ3v) is 7.99. The number of hydrogen-bond acceptors (Lipinski definition) is 4. The number of benzene rings is 3. The number of hydrogen-bond donors (Lipinski definition) is 4. The first-order valence-corrected chi connectivity index (χ1v) is 15.2. The molecule has 1 fully saturated rings. The van der Waals surface area contributed by atoms with Crippen LogP contribution in [0.1, 0.15) is 60.8 Å². The molecule has 0 bridgehead atoms. The number of urea groups is 2. The van der Waals surface area contributed by atoms with Crippen molar-refractivity contribution in [3.63, 3.8) is 0 Å². The summed E-state index contributed by atoms with van der Waals surface area (Å²) in [5, 5.41) is 22.7.